The van der Waals surface area contributed by atoms with E-state index in [2.05, 4.69) is 0 Å². The highest BCUT2D eigenvalue weighted by molar-refractivity contribution is 5.95. The molecule has 4 nitrogen and oxygen atoms in total. The van der Waals surface area contributed by atoms with Crippen molar-refractivity contribution in [1.29, 1.82) is 0 Å². The van der Waals surface area contributed by atoms with Crippen molar-refractivity contribution < 1.29 is 32.5 Å². The molecule has 0 aromatic heterocycles. The molecule has 1 saturated carbocycles. The fourth-order valence-electron chi connectivity index (χ4n) is 4.38. The third kappa shape index (κ3) is 4.09. The topological polar surface area (TPSA) is 55.8 Å². The Hall–Kier alpha value is -3.32. The molecule has 33 heavy (non-hydrogen) atoms. The average Bonchev–Trinajstić information content (AvgIpc) is 3.49. The lowest BCUT2D eigenvalue weighted by molar-refractivity contribution is -0.137. The van der Waals surface area contributed by atoms with Gasteiger partial charge < -0.3 is 14.6 Å². The van der Waals surface area contributed by atoms with Crippen LogP contribution in [0.25, 0.3) is 11.1 Å². The highest BCUT2D eigenvalue weighted by Crippen LogP contribution is 2.51. The summed E-state index contributed by atoms with van der Waals surface area (Å²) in [6.07, 6.45) is -3.35. The van der Waals surface area contributed by atoms with Crippen LogP contribution in [0.2, 0.25) is 0 Å². The highest BCUT2D eigenvalue weighted by Gasteiger charge is 2.51. The Balaban J connectivity index is 1.48. The number of halogens is 3. The summed E-state index contributed by atoms with van der Waals surface area (Å²) >= 11 is 0. The van der Waals surface area contributed by atoms with Crippen LogP contribution in [0.15, 0.2) is 60.7 Å². The number of aliphatic hydroxyl groups is 1. The van der Waals surface area contributed by atoms with E-state index in [4.69, 9.17) is 9.47 Å². The molecule has 0 radical (unpaired) electrons. The fourth-order valence-corrected chi connectivity index (χ4v) is 4.38. The Bertz CT molecular complexity index is 1230. The minimum absolute atomic E-state index is 0.106. The van der Waals surface area contributed by atoms with E-state index in [0.717, 1.165) is 17.7 Å². The molecule has 170 valence electrons. The van der Waals surface area contributed by atoms with Gasteiger partial charge in [0.1, 0.15) is 5.78 Å². The van der Waals surface area contributed by atoms with Gasteiger partial charge in [-0.1, -0.05) is 30.3 Å². The molecular weight excluding hydrogens is 433 g/mol. The van der Waals surface area contributed by atoms with E-state index in [1.807, 2.05) is 6.07 Å². The molecule has 0 amide bonds. The molecule has 1 aliphatic carbocycles. The lowest BCUT2D eigenvalue weighted by Crippen LogP contribution is -2.22. The van der Waals surface area contributed by atoms with E-state index in [1.54, 1.807) is 42.5 Å². The molecule has 1 fully saturated rings. The summed E-state index contributed by atoms with van der Waals surface area (Å²) in [7, 11) is 0. The van der Waals surface area contributed by atoms with Crippen LogP contribution in [-0.4, -0.2) is 17.7 Å². The smallest absolute Gasteiger partial charge is 0.416 e. The molecule has 3 aromatic carbocycles. The number of ketones is 1. The van der Waals surface area contributed by atoms with Gasteiger partial charge in [0.05, 0.1) is 17.6 Å². The largest absolute Gasteiger partial charge is 0.454 e. The van der Waals surface area contributed by atoms with Crippen LogP contribution in [0.1, 0.15) is 35.1 Å². The summed E-state index contributed by atoms with van der Waals surface area (Å²) < 4.78 is 51.7. The highest BCUT2D eigenvalue weighted by atomic mass is 19.4. The zero-order valence-electron chi connectivity index (χ0n) is 17.6. The van der Waals surface area contributed by atoms with Crippen LogP contribution in [0, 0.1) is 0 Å². The molecule has 0 saturated heterocycles. The Labute approximate surface area is 188 Å². The SMILES string of the molecule is O=C(Cc1cc(-c2cccc(CO)c2)cc(C(F)(F)F)c1)C1(c2ccc3c(c2)OCO3)CC1. The number of alkyl halides is 3. The Kier molecular flexibility index (Phi) is 5.16. The van der Waals surface area contributed by atoms with E-state index in [9.17, 15) is 23.1 Å². The molecule has 3 aromatic rings. The van der Waals surface area contributed by atoms with Crippen molar-refractivity contribution in [2.24, 2.45) is 0 Å². The normalized spacial score (nSPS) is 16.0. The van der Waals surface area contributed by atoms with Crippen molar-refractivity contribution in [2.75, 3.05) is 6.79 Å². The van der Waals surface area contributed by atoms with Crippen molar-refractivity contribution in [1.82, 2.24) is 0 Å². The zero-order chi connectivity index (χ0) is 23.2. The van der Waals surface area contributed by atoms with Crippen LogP contribution < -0.4 is 9.47 Å². The number of aliphatic hydroxyl groups excluding tert-OH is 1. The van der Waals surface area contributed by atoms with Gasteiger partial charge >= 0.3 is 6.18 Å². The number of fused-ring (bicyclic) bond motifs is 1. The van der Waals surface area contributed by atoms with Crippen LogP contribution in [0.5, 0.6) is 11.5 Å². The van der Waals surface area contributed by atoms with Crippen molar-refractivity contribution in [2.45, 2.75) is 37.5 Å². The van der Waals surface area contributed by atoms with E-state index >= 15 is 0 Å². The van der Waals surface area contributed by atoms with Crippen LogP contribution in [0.3, 0.4) is 0 Å². The van der Waals surface area contributed by atoms with Crippen LogP contribution >= 0.6 is 0 Å². The van der Waals surface area contributed by atoms with Gasteiger partial charge in [-0.15, -0.1) is 0 Å². The van der Waals surface area contributed by atoms with E-state index in [0.29, 0.717) is 46.6 Å². The predicted octanol–water partition coefficient (Wildman–Crippen LogP) is 5.44. The maximum atomic E-state index is 13.6. The van der Waals surface area contributed by atoms with Gasteiger partial charge in [0.2, 0.25) is 6.79 Å². The maximum Gasteiger partial charge on any atom is 0.416 e. The molecule has 7 heteroatoms. The summed E-state index contributed by atoms with van der Waals surface area (Å²) in [4.78, 5) is 13.3. The number of Topliss-reactive ketones (excluding diaryl/α,β-unsaturated/α-hetero) is 1. The molecule has 1 aliphatic heterocycles. The first kappa shape index (κ1) is 21.5. The minimum Gasteiger partial charge on any atom is -0.454 e. The lowest BCUT2D eigenvalue weighted by atomic mass is 9.86. The number of carbonyl (C=O) groups excluding carboxylic acids is 1. The van der Waals surface area contributed by atoms with Gasteiger partial charge in [0, 0.05) is 6.42 Å². The molecule has 1 heterocycles. The predicted molar refractivity (Wildman–Crippen MR) is 115 cm³/mol. The first-order valence-corrected chi connectivity index (χ1v) is 10.6. The minimum atomic E-state index is -4.54. The van der Waals surface area contributed by atoms with Crippen molar-refractivity contribution in [3.05, 3.63) is 82.9 Å². The monoisotopic (exact) mass is 454 g/mol. The molecular formula is C26H21F3O4. The van der Waals surface area contributed by atoms with E-state index < -0.39 is 17.2 Å². The Morgan fingerprint density at radius 3 is 2.39 bits per heavy atom. The maximum absolute atomic E-state index is 13.6. The average molecular weight is 454 g/mol. The van der Waals surface area contributed by atoms with Gasteiger partial charge in [-0.05, 0) is 71.0 Å². The first-order valence-electron chi connectivity index (χ1n) is 10.6. The summed E-state index contributed by atoms with van der Waals surface area (Å²) in [6.45, 7) is -0.0829. The molecule has 0 spiro atoms. The molecule has 5 rings (SSSR count). The quantitative estimate of drug-likeness (QED) is 0.539. The first-order chi connectivity index (χ1) is 15.8. The summed E-state index contributed by atoms with van der Waals surface area (Å²) in [6, 6.07) is 15.9. The number of rotatable bonds is 6. The second kappa shape index (κ2) is 7.92. The second-order valence-electron chi connectivity index (χ2n) is 8.52. The van der Waals surface area contributed by atoms with Gasteiger partial charge in [-0.25, -0.2) is 0 Å². The van der Waals surface area contributed by atoms with Gasteiger partial charge in [0.15, 0.2) is 11.5 Å². The molecule has 2 aliphatic rings. The Morgan fingerprint density at radius 2 is 1.67 bits per heavy atom. The molecule has 1 N–H and O–H groups in total. The summed E-state index contributed by atoms with van der Waals surface area (Å²) in [5.74, 6) is 1.09. The zero-order valence-corrected chi connectivity index (χ0v) is 17.6. The number of ether oxygens (including phenoxy) is 2. The van der Waals surface area contributed by atoms with Gasteiger partial charge in [-0.2, -0.15) is 13.2 Å². The van der Waals surface area contributed by atoms with E-state index in [1.165, 1.54) is 0 Å². The number of benzene rings is 3. The third-order valence-corrected chi connectivity index (χ3v) is 6.34. The van der Waals surface area contributed by atoms with Crippen LogP contribution in [-0.2, 0) is 29.4 Å². The van der Waals surface area contributed by atoms with Crippen LogP contribution in [0.4, 0.5) is 13.2 Å². The van der Waals surface area contributed by atoms with Gasteiger partial charge in [0.25, 0.3) is 0 Å². The van der Waals surface area contributed by atoms with E-state index in [-0.39, 0.29) is 25.6 Å². The van der Waals surface area contributed by atoms with Crippen molar-refractivity contribution in [3.63, 3.8) is 0 Å². The van der Waals surface area contributed by atoms with Crippen molar-refractivity contribution in [3.8, 4) is 22.6 Å². The Morgan fingerprint density at radius 1 is 0.909 bits per heavy atom. The second-order valence-corrected chi connectivity index (χ2v) is 8.52. The molecule has 0 unspecified atom stereocenters. The third-order valence-electron chi connectivity index (χ3n) is 6.34. The standard InChI is InChI=1S/C26H21F3O4/c27-26(28,29)21-10-17(9-19(12-21)18-3-1-2-16(8-18)14-30)11-24(31)25(6-7-25)20-4-5-22-23(13-20)33-15-32-22/h1-5,8-10,12-13,30H,6-7,11,14-15H2. The van der Waals surface area contributed by atoms with Gasteiger partial charge in [-0.3, -0.25) is 4.79 Å². The fraction of sp³-hybridized carbons (Fsp3) is 0.269. The number of hydrogen-bond donors (Lipinski definition) is 1. The number of carbonyl (C=O) groups is 1. The molecule has 0 atom stereocenters. The van der Waals surface area contributed by atoms with Crippen molar-refractivity contribution >= 4 is 5.78 Å². The molecule has 0 bridgehead atoms. The lowest BCUT2D eigenvalue weighted by Gasteiger charge is -2.17. The number of hydrogen-bond acceptors (Lipinski definition) is 4. The summed E-state index contributed by atoms with van der Waals surface area (Å²) in [5.41, 5.74) is 1.12. The summed E-state index contributed by atoms with van der Waals surface area (Å²) in [5, 5.41) is 9.39.